The molecule has 2 aromatic rings. The normalized spacial score (nSPS) is 14.8. The number of aliphatic carboxylic acids is 1. The Morgan fingerprint density at radius 2 is 1.70 bits per heavy atom. The van der Waals surface area contributed by atoms with Crippen LogP contribution in [0.4, 0.5) is 10.5 Å². The van der Waals surface area contributed by atoms with Crippen molar-refractivity contribution < 1.29 is 24.2 Å². The van der Waals surface area contributed by atoms with E-state index >= 15 is 0 Å². The second-order valence-electron chi connectivity index (χ2n) is 10.1. The van der Waals surface area contributed by atoms with Gasteiger partial charge in [-0.1, -0.05) is 57.4 Å². The number of nitrogens with zero attached hydrogens (tertiary/aromatic N) is 1. The molecule has 0 aromatic heterocycles. The molecular weight excluding hydrogens is 468 g/mol. The van der Waals surface area contributed by atoms with E-state index in [-0.39, 0.29) is 6.03 Å². The molecule has 0 heterocycles. The minimum Gasteiger partial charge on any atom is -0.492 e. The largest absolute Gasteiger partial charge is 0.492 e. The number of rotatable bonds is 13. The third-order valence-corrected chi connectivity index (χ3v) is 6.94. The number of urea groups is 1. The van der Waals surface area contributed by atoms with Gasteiger partial charge in [0.25, 0.3) is 0 Å². The van der Waals surface area contributed by atoms with Crippen LogP contribution in [-0.4, -0.2) is 54.4 Å². The molecule has 3 rings (SSSR count). The summed E-state index contributed by atoms with van der Waals surface area (Å²) in [7, 11) is 0. The SMILES string of the molecule is CCOC(Cc1ccc(OCCN(CC2CCCCC2)C(=O)Nc2ccc(C(C)C)cc2)cc1)C(=O)O. The van der Waals surface area contributed by atoms with Crippen molar-refractivity contribution in [2.75, 3.05) is 31.6 Å². The molecule has 0 bridgehead atoms. The van der Waals surface area contributed by atoms with Crippen molar-refractivity contribution in [3.63, 3.8) is 0 Å². The first kappa shape index (κ1) is 28.5. The van der Waals surface area contributed by atoms with Crippen LogP contribution in [0.5, 0.6) is 5.75 Å². The molecule has 7 heteroatoms. The van der Waals surface area contributed by atoms with E-state index < -0.39 is 12.1 Å². The third-order valence-electron chi connectivity index (χ3n) is 6.94. The van der Waals surface area contributed by atoms with Crippen LogP contribution in [0.2, 0.25) is 0 Å². The van der Waals surface area contributed by atoms with E-state index in [2.05, 4.69) is 31.3 Å². The number of nitrogens with one attached hydrogen (secondary N) is 1. The molecule has 0 saturated heterocycles. The van der Waals surface area contributed by atoms with Crippen molar-refractivity contribution in [1.29, 1.82) is 0 Å². The van der Waals surface area contributed by atoms with Gasteiger partial charge in [-0.3, -0.25) is 0 Å². The molecule has 1 saturated carbocycles. The first-order chi connectivity index (χ1) is 17.9. The van der Waals surface area contributed by atoms with Gasteiger partial charge in [-0.05, 0) is 67.0 Å². The molecule has 202 valence electrons. The molecule has 2 N–H and O–H groups in total. The molecule has 1 aliphatic rings. The van der Waals surface area contributed by atoms with Gasteiger partial charge < -0.3 is 24.8 Å². The van der Waals surface area contributed by atoms with Crippen LogP contribution in [0.3, 0.4) is 0 Å². The highest BCUT2D eigenvalue weighted by atomic mass is 16.5. The molecule has 0 aliphatic heterocycles. The second-order valence-corrected chi connectivity index (χ2v) is 10.1. The molecule has 37 heavy (non-hydrogen) atoms. The number of hydrogen-bond acceptors (Lipinski definition) is 4. The predicted molar refractivity (Wildman–Crippen MR) is 146 cm³/mol. The Morgan fingerprint density at radius 1 is 1.03 bits per heavy atom. The maximum atomic E-state index is 13.2. The first-order valence-corrected chi connectivity index (χ1v) is 13.6. The van der Waals surface area contributed by atoms with Gasteiger partial charge in [-0.25, -0.2) is 9.59 Å². The Kier molecular flexibility index (Phi) is 11.3. The summed E-state index contributed by atoms with van der Waals surface area (Å²) in [6, 6.07) is 15.3. The van der Waals surface area contributed by atoms with Gasteiger partial charge in [0.1, 0.15) is 12.4 Å². The Bertz CT molecular complexity index is 968. The Balaban J connectivity index is 1.56. The fourth-order valence-corrected chi connectivity index (χ4v) is 4.74. The summed E-state index contributed by atoms with van der Waals surface area (Å²) < 4.78 is 11.3. The maximum absolute atomic E-state index is 13.2. The lowest BCUT2D eigenvalue weighted by Gasteiger charge is -2.30. The smallest absolute Gasteiger partial charge is 0.333 e. The van der Waals surface area contributed by atoms with E-state index in [9.17, 15) is 14.7 Å². The third kappa shape index (κ3) is 9.39. The highest BCUT2D eigenvalue weighted by molar-refractivity contribution is 5.89. The lowest BCUT2D eigenvalue weighted by molar-refractivity contribution is -0.149. The van der Waals surface area contributed by atoms with Crippen molar-refractivity contribution in [3.8, 4) is 5.75 Å². The summed E-state index contributed by atoms with van der Waals surface area (Å²) in [5, 5.41) is 12.4. The number of carbonyl (C=O) groups excluding carboxylic acids is 1. The number of carboxylic acids is 1. The van der Waals surface area contributed by atoms with Crippen LogP contribution in [0.25, 0.3) is 0 Å². The summed E-state index contributed by atoms with van der Waals surface area (Å²) in [6.07, 6.45) is 5.50. The summed E-state index contributed by atoms with van der Waals surface area (Å²) in [4.78, 5) is 26.4. The van der Waals surface area contributed by atoms with Crippen molar-refractivity contribution in [1.82, 2.24) is 4.90 Å². The second kappa shape index (κ2) is 14.6. The number of carboxylic acid groups (broad SMARTS) is 1. The molecule has 7 nitrogen and oxygen atoms in total. The minimum atomic E-state index is -0.964. The van der Waals surface area contributed by atoms with Crippen molar-refractivity contribution in [2.45, 2.75) is 71.3 Å². The number of hydrogen-bond donors (Lipinski definition) is 2. The lowest BCUT2D eigenvalue weighted by atomic mass is 9.89. The van der Waals surface area contributed by atoms with E-state index in [0.717, 1.165) is 30.6 Å². The van der Waals surface area contributed by atoms with Crippen LogP contribution in [0.15, 0.2) is 48.5 Å². The van der Waals surface area contributed by atoms with Crippen LogP contribution >= 0.6 is 0 Å². The molecule has 1 aliphatic carbocycles. The van der Waals surface area contributed by atoms with Gasteiger partial charge in [0, 0.05) is 25.3 Å². The average molecular weight is 511 g/mol. The Hall–Kier alpha value is -3.06. The monoisotopic (exact) mass is 510 g/mol. The fraction of sp³-hybridized carbons (Fsp3) is 0.533. The van der Waals surface area contributed by atoms with Gasteiger partial charge in [-0.2, -0.15) is 0 Å². The highest BCUT2D eigenvalue weighted by Gasteiger charge is 2.22. The van der Waals surface area contributed by atoms with Crippen molar-refractivity contribution in [3.05, 3.63) is 59.7 Å². The van der Waals surface area contributed by atoms with Crippen molar-refractivity contribution in [2.24, 2.45) is 5.92 Å². The first-order valence-electron chi connectivity index (χ1n) is 13.6. The number of ether oxygens (including phenoxy) is 2. The average Bonchev–Trinajstić information content (AvgIpc) is 2.89. The van der Waals surface area contributed by atoms with Gasteiger partial charge in [0.05, 0.1) is 6.54 Å². The summed E-state index contributed by atoms with van der Waals surface area (Å²) in [5.74, 6) is 0.695. The topological polar surface area (TPSA) is 88.1 Å². The van der Waals surface area contributed by atoms with Crippen LogP contribution in [0.1, 0.15) is 69.9 Å². The zero-order chi connectivity index (χ0) is 26.6. The molecule has 2 amide bonds. The van der Waals surface area contributed by atoms with Crippen LogP contribution in [0, 0.1) is 5.92 Å². The van der Waals surface area contributed by atoms with Gasteiger partial charge in [0.15, 0.2) is 6.10 Å². The fourth-order valence-electron chi connectivity index (χ4n) is 4.74. The van der Waals surface area contributed by atoms with Crippen LogP contribution in [-0.2, 0) is 16.0 Å². The highest BCUT2D eigenvalue weighted by Crippen LogP contribution is 2.25. The molecule has 0 radical (unpaired) electrons. The summed E-state index contributed by atoms with van der Waals surface area (Å²) in [6.45, 7) is 8.04. The number of amides is 2. The molecule has 1 unspecified atom stereocenters. The summed E-state index contributed by atoms with van der Waals surface area (Å²) >= 11 is 0. The van der Waals surface area contributed by atoms with E-state index in [1.807, 2.05) is 41.3 Å². The molecule has 1 fully saturated rings. The van der Waals surface area contributed by atoms with Crippen molar-refractivity contribution >= 4 is 17.7 Å². The maximum Gasteiger partial charge on any atom is 0.333 e. The van der Waals surface area contributed by atoms with E-state index in [1.54, 1.807) is 6.92 Å². The zero-order valence-electron chi connectivity index (χ0n) is 22.4. The predicted octanol–water partition coefficient (Wildman–Crippen LogP) is 6.34. The molecule has 1 atom stereocenters. The summed E-state index contributed by atoms with van der Waals surface area (Å²) in [5.41, 5.74) is 2.91. The van der Waals surface area contributed by atoms with Gasteiger partial charge in [0.2, 0.25) is 0 Å². The van der Waals surface area contributed by atoms with E-state index in [0.29, 0.717) is 43.8 Å². The standard InChI is InChI=1S/C30H42N2O5/c1-4-36-28(29(33)34)20-23-10-16-27(17-11-23)37-19-18-32(21-24-8-6-5-7-9-24)30(35)31-26-14-12-25(13-15-26)22(2)3/h10-17,22,24,28H,4-9,18-21H2,1-3H3,(H,31,35)(H,33,34). The van der Waals surface area contributed by atoms with Gasteiger partial charge >= 0.3 is 12.0 Å². The Morgan fingerprint density at radius 3 is 2.30 bits per heavy atom. The minimum absolute atomic E-state index is 0.0996. The number of anilines is 1. The molecular formula is C30H42N2O5. The lowest BCUT2D eigenvalue weighted by Crippen LogP contribution is -2.41. The zero-order valence-corrected chi connectivity index (χ0v) is 22.4. The van der Waals surface area contributed by atoms with E-state index in [1.165, 1.54) is 24.8 Å². The number of benzene rings is 2. The van der Waals surface area contributed by atoms with Gasteiger partial charge in [-0.15, -0.1) is 0 Å². The molecule has 2 aromatic carbocycles. The van der Waals surface area contributed by atoms with E-state index in [4.69, 9.17) is 9.47 Å². The van der Waals surface area contributed by atoms with Crippen LogP contribution < -0.4 is 10.1 Å². The molecule has 0 spiro atoms. The Labute approximate surface area is 221 Å². The number of carbonyl (C=O) groups is 2. The quantitative estimate of drug-likeness (QED) is 0.328.